The van der Waals surface area contributed by atoms with Crippen LogP contribution in [0.15, 0.2) is 54.7 Å². The normalized spacial score (nSPS) is 23.4. The van der Waals surface area contributed by atoms with E-state index in [1.54, 1.807) is 12.1 Å². The van der Waals surface area contributed by atoms with Gasteiger partial charge in [0.05, 0.1) is 0 Å². The van der Waals surface area contributed by atoms with E-state index < -0.39 is 0 Å². The molecule has 2 aliphatic heterocycles. The first kappa shape index (κ1) is 16.1. The van der Waals surface area contributed by atoms with E-state index in [4.69, 9.17) is 0 Å². The Kier molecular flexibility index (Phi) is 4.05. The molecule has 2 nitrogen and oxygen atoms in total. The highest BCUT2D eigenvalue weighted by atomic mass is 19.1. The Labute approximate surface area is 154 Å². The Bertz CT molecular complexity index is 915. The summed E-state index contributed by atoms with van der Waals surface area (Å²) in [6.45, 7) is 3.29. The summed E-state index contributed by atoms with van der Waals surface area (Å²) in [4.78, 5) is 2.65. The number of rotatable bonds is 3. The van der Waals surface area contributed by atoms with Gasteiger partial charge in [-0.2, -0.15) is 0 Å². The molecule has 0 bridgehead atoms. The van der Waals surface area contributed by atoms with Gasteiger partial charge in [-0.3, -0.25) is 0 Å². The van der Waals surface area contributed by atoms with Crippen LogP contribution in [0.2, 0.25) is 0 Å². The lowest BCUT2D eigenvalue weighted by atomic mass is 9.85. The van der Waals surface area contributed by atoms with Crippen LogP contribution in [0.25, 0.3) is 10.9 Å². The van der Waals surface area contributed by atoms with E-state index in [0.29, 0.717) is 5.92 Å². The monoisotopic (exact) mass is 348 g/mol. The molecule has 2 fully saturated rings. The summed E-state index contributed by atoms with van der Waals surface area (Å²) in [5.41, 5.74) is 3.78. The molecule has 26 heavy (non-hydrogen) atoms. The van der Waals surface area contributed by atoms with Gasteiger partial charge in [0.2, 0.25) is 0 Å². The molecule has 2 aliphatic rings. The SMILES string of the molecule is Fc1ccc2c(c1)c(C1CCN3CCCC3C1)cn2Cc1ccccc1. The average molecular weight is 348 g/mol. The van der Waals surface area contributed by atoms with Gasteiger partial charge in [0, 0.05) is 29.7 Å². The first-order valence-electron chi connectivity index (χ1n) is 9.84. The smallest absolute Gasteiger partial charge is 0.123 e. The number of hydrogen-bond acceptors (Lipinski definition) is 1. The van der Waals surface area contributed by atoms with E-state index in [2.05, 4.69) is 39.9 Å². The lowest BCUT2D eigenvalue weighted by Crippen LogP contribution is -2.37. The quantitative estimate of drug-likeness (QED) is 0.634. The minimum absolute atomic E-state index is 0.130. The average Bonchev–Trinajstić information content (AvgIpc) is 3.26. The van der Waals surface area contributed by atoms with Crippen molar-refractivity contribution in [2.45, 2.75) is 44.2 Å². The first-order chi connectivity index (χ1) is 12.8. The fourth-order valence-electron chi connectivity index (χ4n) is 5.04. The van der Waals surface area contributed by atoms with Gasteiger partial charge in [0.1, 0.15) is 5.82 Å². The minimum Gasteiger partial charge on any atom is -0.343 e. The summed E-state index contributed by atoms with van der Waals surface area (Å²) in [7, 11) is 0. The number of benzene rings is 2. The summed E-state index contributed by atoms with van der Waals surface area (Å²) < 4.78 is 16.3. The van der Waals surface area contributed by atoms with Crippen LogP contribution in [0.1, 0.15) is 42.7 Å². The molecule has 2 saturated heterocycles. The topological polar surface area (TPSA) is 8.17 Å². The molecule has 3 heterocycles. The minimum atomic E-state index is -0.130. The third-order valence-corrected chi connectivity index (χ3v) is 6.33. The molecule has 0 radical (unpaired) electrons. The lowest BCUT2D eigenvalue weighted by molar-refractivity contribution is 0.181. The van der Waals surface area contributed by atoms with Crippen molar-refractivity contribution < 1.29 is 4.39 Å². The van der Waals surface area contributed by atoms with Gasteiger partial charge in [-0.1, -0.05) is 30.3 Å². The molecular formula is C23H25FN2. The number of hydrogen-bond donors (Lipinski definition) is 0. The van der Waals surface area contributed by atoms with Crippen LogP contribution < -0.4 is 0 Å². The van der Waals surface area contributed by atoms with Crippen LogP contribution in [0, 0.1) is 5.82 Å². The molecule has 2 unspecified atom stereocenters. The molecule has 3 aromatic rings. The van der Waals surface area contributed by atoms with E-state index in [1.165, 1.54) is 49.9 Å². The van der Waals surface area contributed by atoms with E-state index in [9.17, 15) is 4.39 Å². The molecule has 5 rings (SSSR count). The predicted molar refractivity (Wildman–Crippen MR) is 104 cm³/mol. The van der Waals surface area contributed by atoms with Gasteiger partial charge < -0.3 is 9.47 Å². The molecule has 0 N–H and O–H groups in total. The van der Waals surface area contributed by atoms with Crippen molar-refractivity contribution in [3.05, 3.63) is 71.7 Å². The highest BCUT2D eigenvalue weighted by Crippen LogP contribution is 2.39. The highest BCUT2D eigenvalue weighted by Gasteiger charge is 2.33. The maximum atomic E-state index is 14.0. The van der Waals surface area contributed by atoms with Crippen molar-refractivity contribution in [2.75, 3.05) is 13.1 Å². The number of piperidine rings is 1. The van der Waals surface area contributed by atoms with Gasteiger partial charge in [0.25, 0.3) is 0 Å². The van der Waals surface area contributed by atoms with Crippen LogP contribution in [0.5, 0.6) is 0 Å². The Morgan fingerprint density at radius 2 is 1.88 bits per heavy atom. The summed E-state index contributed by atoms with van der Waals surface area (Å²) in [6.07, 6.45) is 7.38. The zero-order valence-corrected chi connectivity index (χ0v) is 15.1. The molecule has 3 heteroatoms. The Balaban J connectivity index is 1.53. The molecule has 0 amide bonds. The molecule has 0 spiro atoms. The fraction of sp³-hybridized carbons (Fsp3) is 0.391. The zero-order valence-electron chi connectivity index (χ0n) is 15.1. The second kappa shape index (κ2) is 6.55. The van der Waals surface area contributed by atoms with Gasteiger partial charge >= 0.3 is 0 Å². The van der Waals surface area contributed by atoms with Crippen LogP contribution in [-0.4, -0.2) is 28.6 Å². The molecule has 0 saturated carbocycles. The van der Waals surface area contributed by atoms with Crippen molar-refractivity contribution in [1.29, 1.82) is 0 Å². The number of nitrogens with zero attached hydrogens (tertiary/aromatic N) is 2. The van der Waals surface area contributed by atoms with E-state index in [0.717, 1.165) is 23.5 Å². The van der Waals surface area contributed by atoms with Crippen molar-refractivity contribution >= 4 is 10.9 Å². The second-order valence-corrected chi connectivity index (χ2v) is 7.91. The molecule has 134 valence electrons. The van der Waals surface area contributed by atoms with E-state index in [1.807, 2.05) is 12.1 Å². The van der Waals surface area contributed by atoms with Gasteiger partial charge in [-0.25, -0.2) is 4.39 Å². The van der Waals surface area contributed by atoms with Crippen molar-refractivity contribution in [3.8, 4) is 0 Å². The third-order valence-electron chi connectivity index (χ3n) is 6.33. The van der Waals surface area contributed by atoms with Crippen molar-refractivity contribution in [1.82, 2.24) is 9.47 Å². The van der Waals surface area contributed by atoms with Crippen molar-refractivity contribution in [2.24, 2.45) is 0 Å². The van der Waals surface area contributed by atoms with E-state index >= 15 is 0 Å². The van der Waals surface area contributed by atoms with Crippen LogP contribution in [0.3, 0.4) is 0 Å². The number of aromatic nitrogens is 1. The molecular weight excluding hydrogens is 323 g/mol. The van der Waals surface area contributed by atoms with Crippen LogP contribution in [-0.2, 0) is 6.54 Å². The van der Waals surface area contributed by atoms with Crippen LogP contribution in [0.4, 0.5) is 4.39 Å². The van der Waals surface area contributed by atoms with Gasteiger partial charge in [-0.15, -0.1) is 0 Å². The van der Waals surface area contributed by atoms with Gasteiger partial charge in [0.15, 0.2) is 0 Å². The summed E-state index contributed by atoms with van der Waals surface area (Å²) in [5.74, 6) is 0.421. The van der Waals surface area contributed by atoms with E-state index in [-0.39, 0.29) is 5.82 Å². The maximum absolute atomic E-state index is 14.0. The van der Waals surface area contributed by atoms with Gasteiger partial charge in [-0.05, 0) is 74.0 Å². The second-order valence-electron chi connectivity index (χ2n) is 7.91. The van der Waals surface area contributed by atoms with Crippen molar-refractivity contribution in [3.63, 3.8) is 0 Å². The summed E-state index contributed by atoms with van der Waals surface area (Å²) in [6, 6.07) is 16.5. The summed E-state index contributed by atoms with van der Waals surface area (Å²) in [5, 5.41) is 1.11. The third kappa shape index (κ3) is 2.84. The summed E-state index contributed by atoms with van der Waals surface area (Å²) >= 11 is 0. The van der Waals surface area contributed by atoms with Crippen LogP contribution >= 0.6 is 0 Å². The lowest BCUT2D eigenvalue weighted by Gasteiger charge is -2.34. The largest absolute Gasteiger partial charge is 0.343 e. The number of fused-ring (bicyclic) bond motifs is 2. The fourth-order valence-corrected chi connectivity index (χ4v) is 5.04. The molecule has 2 atom stereocenters. The Morgan fingerprint density at radius 3 is 2.77 bits per heavy atom. The maximum Gasteiger partial charge on any atom is 0.123 e. The predicted octanol–water partition coefficient (Wildman–Crippen LogP) is 5.17. The highest BCUT2D eigenvalue weighted by molar-refractivity contribution is 5.84. The molecule has 2 aromatic carbocycles. The Hall–Kier alpha value is -2.13. The number of halogens is 1. The first-order valence-corrected chi connectivity index (χ1v) is 9.84. The Morgan fingerprint density at radius 1 is 1.00 bits per heavy atom. The zero-order chi connectivity index (χ0) is 17.5. The standard InChI is InChI=1S/C23H25FN2/c24-19-8-9-23-21(14-19)22(16-26(23)15-17-5-2-1-3-6-17)18-10-12-25-11-4-7-20(25)13-18/h1-3,5-6,8-9,14,16,18,20H,4,7,10-13,15H2. The molecule has 0 aliphatic carbocycles. The molecule has 1 aromatic heterocycles.